The van der Waals surface area contributed by atoms with Crippen LogP contribution in [0.1, 0.15) is 16.8 Å². The van der Waals surface area contributed by atoms with Gasteiger partial charge in [-0.25, -0.2) is 4.39 Å². The molecule has 26 heavy (non-hydrogen) atoms. The Labute approximate surface area is 149 Å². The molecule has 1 aliphatic heterocycles. The molecule has 9 heteroatoms. The third-order valence-corrected chi connectivity index (χ3v) is 4.50. The lowest BCUT2D eigenvalue weighted by atomic mass is 10.1. The van der Waals surface area contributed by atoms with Gasteiger partial charge in [-0.05, 0) is 36.8 Å². The zero-order valence-electron chi connectivity index (χ0n) is 14.2. The van der Waals surface area contributed by atoms with Crippen LogP contribution in [0.3, 0.4) is 0 Å². The molecule has 2 N–H and O–H groups in total. The highest BCUT2D eigenvalue weighted by Crippen LogP contribution is 2.19. The lowest BCUT2D eigenvalue weighted by molar-refractivity contribution is 0.0940. The molecule has 0 bridgehead atoms. The molecular weight excluding hydrogens is 337 g/mol. The van der Waals surface area contributed by atoms with Gasteiger partial charge in [0.1, 0.15) is 18.0 Å². The van der Waals surface area contributed by atoms with Gasteiger partial charge in [-0.1, -0.05) is 0 Å². The van der Waals surface area contributed by atoms with E-state index in [0.717, 1.165) is 18.8 Å². The maximum Gasteiger partial charge on any atom is 0.251 e. The molecule has 1 unspecified atom stereocenters. The largest absolute Gasteiger partial charge is 0.386 e. The zero-order chi connectivity index (χ0) is 18.1. The minimum atomic E-state index is -0.445. The quantitative estimate of drug-likeness (QED) is 0.734. The van der Waals surface area contributed by atoms with E-state index in [1.807, 2.05) is 12.1 Å². The first kappa shape index (κ1) is 16.2. The van der Waals surface area contributed by atoms with Gasteiger partial charge in [0.15, 0.2) is 5.65 Å². The summed E-state index contributed by atoms with van der Waals surface area (Å²) < 4.78 is 15.5. The molecule has 0 spiro atoms. The second-order valence-electron chi connectivity index (χ2n) is 6.17. The van der Waals surface area contributed by atoms with Crippen molar-refractivity contribution in [3.05, 3.63) is 48.0 Å². The van der Waals surface area contributed by atoms with E-state index >= 15 is 0 Å². The van der Waals surface area contributed by atoms with E-state index in [1.54, 1.807) is 30.0 Å². The number of hydrogen-bond acceptors (Lipinski definition) is 6. The third-order valence-electron chi connectivity index (χ3n) is 4.50. The van der Waals surface area contributed by atoms with Crippen LogP contribution in [0.5, 0.6) is 0 Å². The number of nitrogens with zero attached hydrogens (tertiary/aromatic N) is 5. The molecule has 134 valence electrons. The van der Waals surface area contributed by atoms with Crippen molar-refractivity contribution in [3.8, 4) is 0 Å². The van der Waals surface area contributed by atoms with Gasteiger partial charge in [-0.15, -0.1) is 15.3 Å². The fourth-order valence-electron chi connectivity index (χ4n) is 3.10. The lowest BCUT2D eigenvalue weighted by Crippen LogP contribution is -2.37. The monoisotopic (exact) mass is 355 g/mol. The summed E-state index contributed by atoms with van der Waals surface area (Å²) in [7, 11) is 1.64. The Balaban J connectivity index is 1.42. The first-order chi connectivity index (χ1) is 12.6. The van der Waals surface area contributed by atoms with Gasteiger partial charge in [-0.3, -0.25) is 4.79 Å². The van der Waals surface area contributed by atoms with Crippen molar-refractivity contribution in [2.24, 2.45) is 0 Å². The van der Waals surface area contributed by atoms with E-state index in [9.17, 15) is 9.18 Å². The summed E-state index contributed by atoms with van der Waals surface area (Å²) in [5, 5.41) is 17.9. The van der Waals surface area contributed by atoms with Crippen LogP contribution in [-0.2, 0) is 0 Å². The van der Waals surface area contributed by atoms with Gasteiger partial charge in [0.05, 0.1) is 5.69 Å². The Bertz CT molecular complexity index is 957. The number of hydrogen-bond donors (Lipinski definition) is 2. The zero-order valence-corrected chi connectivity index (χ0v) is 14.2. The van der Waals surface area contributed by atoms with Crippen LogP contribution in [0, 0.1) is 5.82 Å². The van der Waals surface area contributed by atoms with E-state index in [4.69, 9.17) is 0 Å². The maximum absolute atomic E-state index is 13.8. The summed E-state index contributed by atoms with van der Waals surface area (Å²) in [5.41, 5.74) is 1.36. The van der Waals surface area contributed by atoms with Crippen LogP contribution < -0.4 is 15.5 Å². The van der Waals surface area contributed by atoms with Crippen molar-refractivity contribution in [1.29, 1.82) is 0 Å². The average molecular weight is 355 g/mol. The SMILES string of the molecule is CNc1ccc(C(=O)NC2CCN(c3ccc4nncn4n3)C2)cc1F. The predicted molar refractivity (Wildman–Crippen MR) is 94.8 cm³/mol. The fraction of sp³-hybridized carbons (Fsp3) is 0.294. The minimum absolute atomic E-state index is 0.0204. The van der Waals surface area contributed by atoms with Gasteiger partial charge in [-0.2, -0.15) is 4.52 Å². The Morgan fingerprint density at radius 3 is 3.00 bits per heavy atom. The Kier molecular flexibility index (Phi) is 4.11. The normalized spacial score (nSPS) is 16.8. The van der Waals surface area contributed by atoms with Crippen LogP contribution in [0.15, 0.2) is 36.7 Å². The molecule has 2 aromatic heterocycles. The van der Waals surface area contributed by atoms with Crippen LogP contribution in [0.25, 0.3) is 5.65 Å². The average Bonchev–Trinajstić information content (AvgIpc) is 3.30. The first-order valence-corrected chi connectivity index (χ1v) is 8.34. The molecule has 8 nitrogen and oxygen atoms in total. The number of carbonyl (C=O) groups excluding carboxylic acids is 1. The number of rotatable bonds is 4. The van der Waals surface area contributed by atoms with Gasteiger partial charge in [0, 0.05) is 31.7 Å². The summed E-state index contributed by atoms with van der Waals surface area (Å²) in [6.07, 6.45) is 2.35. The van der Waals surface area contributed by atoms with Crippen molar-refractivity contribution in [1.82, 2.24) is 25.1 Å². The van der Waals surface area contributed by atoms with E-state index in [0.29, 0.717) is 23.4 Å². The molecule has 0 saturated carbocycles. The standard InChI is InChI=1S/C17H18FN7O/c1-19-14-3-2-11(8-13(14)18)17(26)21-12-6-7-24(9-12)16-5-4-15-22-20-10-25(15)23-16/h2-5,8,10,12,19H,6-7,9H2,1H3,(H,21,26). The molecule has 1 atom stereocenters. The number of halogens is 1. The van der Waals surface area contributed by atoms with Gasteiger partial charge >= 0.3 is 0 Å². The second-order valence-corrected chi connectivity index (χ2v) is 6.17. The smallest absolute Gasteiger partial charge is 0.251 e. The molecule has 4 rings (SSSR count). The van der Waals surface area contributed by atoms with Crippen LogP contribution in [0.4, 0.5) is 15.9 Å². The van der Waals surface area contributed by atoms with Crippen molar-refractivity contribution >= 4 is 23.1 Å². The van der Waals surface area contributed by atoms with Gasteiger partial charge in [0.25, 0.3) is 5.91 Å². The topological polar surface area (TPSA) is 87.5 Å². The third kappa shape index (κ3) is 3.03. The molecule has 0 radical (unpaired) electrons. The maximum atomic E-state index is 13.8. The number of fused-ring (bicyclic) bond motifs is 1. The Hall–Kier alpha value is -3.23. The number of carbonyl (C=O) groups is 1. The molecule has 1 saturated heterocycles. The van der Waals surface area contributed by atoms with E-state index in [-0.39, 0.29) is 11.9 Å². The Morgan fingerprint density at radius 1 is 1.31 bits per heavy atom. The molecule has 3 aromatic rings. The van der Waals surface area contributed by atoms with Gasteiger partial charge < -0.3 is 15.5 Å². The minimum Gasteiger partial charge on any atom is -0.386 e. The molecule has 1 aromatic carbocycles. The van der Waals surface area contributed by atoms with E-state index < -0.39 is 5.82 Å². The number of benzene rings is 1. The number of amides is 1. The van der Waals surface area contributed by atoms with Crippen molar-refractivity contribution in [2.75, 3.05) is 30.4 Å². The van der Waals surface area contributed by atoms with Gasteiger partial charge in [0.2, 0.25) is 0 Å². The molecular formula is C17H18FN7O. The van der Waals surface area contributed by atoms with Crippen LogP contribution in [-0.4, -0.2) is 51.9 Å². The predicted octanol–water partition coefficient (Wildman–Crippen LogP) is 1.31. The summed E-state index contributed by atoms with van der Waals surface area (Å²) in [6.45, 7) is 1.42. The highest BCUT2D eigenvalue weighted by molar-refractivity contribution is 5.94. The van der Waals surface area contributed by atoms with Crippen LogP contribution >= 0.6 is 0 Å². The molecule has 1 aliphatic rings. The summed E-state index contributed by atoms with van der Waals surface area (Å²) >= 11 is 0. The first-order valence-electron chi connectivity index (χ1n) is 8.34. The molecule has 3 heterocycles. The summed E-state index contributed by atoms with van der Waals surface area (Å²) in [5.74, 6) is 0.0822. The Morgan fingerprint density at radius 2 is 2.19 bits per heavy atom. The lowest BCUT2D eigenvalue weighted by Gasteiger charge is -2.18. The fourth-order valence-corrected chi connectivity index (χ4v) is 3.10. The molecule has 0 aliphatic carbocycles. The van der Waals surface area contributed by atoms with Crippen LogP contribution in [0.2, 0.25) is 0 Å². The summed E-state index contributed by atoms with van der Waals surface area (Å²) in [6, 6.07) is 8.14. The molecule has 1 amide bonds. The molecule has 1 fully saturated rings. The van der Waals surface area contributed by atoms with Crippen molar-refractivity contribution in [2.45, 2.75) is 12.5 Å². The highest BCUT2D eigenvalue weighted by Gasteiger charge is 2.25. The van der Waals surface area contributed by atoms with Crippen molar-refractivity contribution < 1.29 is 9.18 Å². The number of aromatic nitrogens is 4. The number of anilines is 2. The highest BCUT2D eigenvalue weighted by atomic mass is 19.1. The van der Waals surface area contributed by atoms with E-state index in [2.05, 4.69) is 30.8 Å². The second kappa shape index (κ2) is 6.58. The number of nitrogens with one attached hydrogen (secondary N) is 2. The van der Waals surface area contributed by atoms with Crippen molar-refractivity contribution in [3.63, 3.8) is 0 Å². The van der Waals surface area contributed by atoms with E-state index in [1.165, 1.54) is 6.07 Å². The summed E-state index contributed by atoms with van der Waals surface area (Å²) in [4.78, 5) is 14.5.